The minimum atomic E-state index is -3.00. The van der Waals surface area contributed by atoms with Gasteiger partial charge >= 0.3 is 0 Å². The van der Waals surface area contributed by atoms with Gasteiger partial charge in [-0.2, -0.15) is 0 Å². The normalized spacial score (nSPS) is 19.1. The molecule has 1 unspecified atom stereocenters. The Balaban J connectivity index is 1.78. The number of aromatic nitrogens is 1. The second kappa shape index (κ2) is 7.11. The molecule has 1 aliphatic heterocycles. The lowest BCUT2D eigenvalue weighted by molar-refractivity contribution is -0.126. The van der Waals surface area contributed by atoms with E-state index in [1.54, 1.807) is 7.05 Å². The number of para-hydroxylation sites is 1. The van der Waals surface area contributed by atoms with Crippen molar-refractivity contribution in [2.45, 2.75) is 26.3 Å². The van der Waals surface area contributed by atoms with Gasteiger partial charge in [0.05, 0.1) is 11.5 Å². The molecule has 1 fully saturated rings. The third-order valence-corrected chi connectivity index (χ3v) is 6.74. The maximum Gasteiger partial charge on any atom is 0.246 e. The first-order valence-electron chi connectivity index (χ1n) is 8.68. The molecule has 1 atom stereocenters. The van der Waals surface area contributed by atoms with E-state index in [2.05, 4.69) is 4.57 Å². The summed E-state index contributed by atoms with van der Waals surface area (Å²) in [6.07, 6.45) is 3.85. The zero-order chi connectivity index (χ0) is 18.9. The summed E-state index contributed by atoms with van der Waals surface area (Å²) in [4.78, 5) is 14.0. The highest BCUT2D eigenvalue weighted by Crippen LogP contribution is 2.22. The summed E-state index contributed by atoms with van der Waals surface area (Å²) < 4.78 is 25.4. The number of hydrogen-bond acceptors (Lipinski definition) is 3. The van der Waals surface area contributed by atoms with Crippen LogP contribution in [0.2, 0.25) is 0 Å². The predicted molar refractivity (Wildman–Crippen MR) is 104 cm³/mol. The molecule has 1 aliphatic rings. The van der Waals surface area contributed by atoms with Crippen LogP contribution in [0.1, 0.15) is 23.4 Å². The number of likely N-dealkylation sites (N-methyl/N-ethyl adjacent to an activating group) is 1. The third kappa shape index (κ3) is 3.75. The number of carbonyl (C=O) groups is 1. The molecule has 1 aromatic heterocycles. The summed E-state index contributed by atoms with van der Waals surface area (Å²) in [5.41, 5.74) is 4.22. The number of rotatable bonds is 4. The van der Waals surface area contributed by atoms with E-state index in [0.29, 0.717) is 6.42 Å². The van der Waals surface area contributed by atoms with E-state index in [9.17, 15) is 13.2 Å². The molecule has 2 heterocycles. The van der Waals surface area contributed by atoms with Crippen molar-refractivity contribution >= 4 is 21.8 Å². The summed E-state index contributed by atoms with van der Waals surface area (Å²) in [7, 11) is -1.33. The highest BCUT2D eigenvalue weighted by atomic mass is 32.2. The van der Waals surface area contributed by atoms with Crippen LogP contribution in [-0.4, -0.2) is 48.4 Å². The second-order valence-corrected chi connectivity index (χ2v) is 9.07. The Kier molecular flexibility index (Phi) is 5.05. The monoisotopic (exact) mass is 372 g/mol. The Bertz CT molecular complexity index is 943. The minimum absolute atomic E-state index is 0.0611. The highest BCUT2D eigenvalue weighted by molar-refractivity contribution is 7.91. The van der Waals surface area contributed by atoms with Crippen LogP contribution in [0, 0.1) is 13.8 Å². The molecule has 0 bridgehead atoms. The van der Waals surface area contributed by atoms with Crippen molar-refractivity contribution in [2.75, 3.05) is 18.6 Å². The molecule has 0 radical (unpaired) electrons. The van der Waals surface area contributed by atoms with Crippen LogP contribution in [0.3, 0.4) is 0 Å². The SMILES string of the molecule is Cc1cc(/C=C/C(=O)N(C)C2CCS(=O)(=O)C2)c(C)n1-c1ccccc1. The largest absolute Gasteiger partial charge is 0.338 e. The van der Waals surface area contributed by atoms with Crippen molar-refractivity contribution in [1.82, 2.24) is 9.47 Å². The lowest BCUT2D eigenvalue weighted by Crippen LogP contribution is -2.36. The first kappa shape index (κ1) is 18.5. The fourth-order valence-electron chi connectivity index (χ4n) is 3.47. The van der Waals surface area contributed by atoms with Gasteiger partial charge in [0.15, 0.2) is 9.84 Å². The van der Waals surface area contributed by atoms with Crippen LogP contribution in [-0.2, 0) is 14.6 Å². The van der Waals surface area contributed by atoms with Crippen molar-refractivity contribution < 1.29 is 13.2 Å². The van der Waals surface area contributed by atoms with Crippen LogP contribution in [0.15, 0.2) is 42.5 Å². The summed E-state index contributed by atoms with van der Waals surface area (Å²) in [6, 6.07) is 11.9. The standard InChI is InChI=1S/C20H24N2O3S/c1-15-13-17(16(2)22(15)18-7-5-4-6-8-18)9-10-20(23)21(3)19-11-12-26(24,25)14-19/h4-10,13,19H,11-12,14H2,1-3H3/b10-9+. The third-order valence-electron chi connectivity index (χ3n) is 4.99. The van der Waals surface area contributed by atoms with E-state index in [-0.39, 0.29) is 23.5 Å². The smallest absolute Gasteiger partial charge is 0.246 e. The molecular weight excluding hydrogens is 348 g/mol. The Morgan fingerprint density at radius 2 is 1.92 bits per heavy atom. The zero-order valence-corrected chi connectivity index (χ0v) is 16.2. The number of amides is 1. The molecule has 6 heteroatoms. The van der Waals surface area contributed by atoms with Gasteiger partial charge in [-0.3, -0.25) is 4.79 Å². The molecule has 5 nitrogen and oxygen atoms in total. The molecular formula is C20H24N2O3S. The Morgan fingerprint density at radius 1 is 1.23 bits per heavy atom. The van der Waals surface area contributed by atoms with Crippen LogP contribution >= 0.6 is 0 Å². The van der Waals surface area contributed by atoms with Crippen molar-refractivity contribution in [3.05, 3.63) is 59.4 Å². The molecule has 0 spiro atoms. The molecule has 138 valence electrons. The van der Waals surface area contributed by atoms with Crippen LogP contribution < -0.4 is 0 Å². The van der Waals surface area contributed by atoms with Crippen LogP contribution in [0.5, 0.6) is 0 Å². The van der Waals surface area contributed by atoms with E-state index in [4.69, 9.17) is 0 Å². The van der Waals surface area contributed by atoms with Gasteiger partial charge in [0.2, 0.25) is 5.91 Å². The molecule has 1 amide bonds. The topological polar surface area (TPSA) is 59.4 Å². The number of sulfone groups is 1. The van der Waals surface area contributed by atoms with Gasteiger partial charge in [0.25, 0.3) is 0 Å². The number of aryl methyl sites for hydroxylation is 1. The lowest BCUT2D eigenvalue weighted by Gasteiger charge is -2.21. The fraction of sp³-hybridized carbons (Fsp3) is 0.350. The maximum atomic E-state index is 12.4. The van der Waals surface area contributed by atoms with Crippen molar-refractivity contribution in [1.29, 1.82) is 0 Å². The number of hydrogen-bond donors (Lipinski definition) is 0. The van der Waals surface area contributed by atoms with E-state index >= 15 is 0 Å². The lowest BCUT2D eigenvalue weighted by atomic mass is 10.2. The van der Waals surface area contributed by atoms with E-state index in [1.165, 1.54) is 11.0 Å². The van der Waals surface area contributed by atoms with Gasteiger partial charge < -0.3 is 9.47 Å². The molecule has 26 heavy (non-hydrogen) atoms. The van der Waals surface area contributed by atoms with Crippen LogP contribution in [0.25, 0.3) is 11.8 Å². The maximum absolute atomic E-state index is 12.4. The van der Waals surface area contributed by atoms with Gasteiger partial charge in [-0.15, -0.1) is 0 Å². The summed E-state index contributed by atoms with van der Waals surface area (Å²) in [5.74, 6) is 0.0552. The summed E-state index contributed by atoms with van der Waals surface area (Å²) in [5, 5.41) is 0. The van der Waals surface area contributed by atoms with Gasteiger partial charge in [0, 0.05) is 36.2 Å². The van der Waals surface area contributed by atoms with E-state index in [0.717, 1.165) is 22.6 Å². The second-order valence-electron chi connectivity index (χ2n) is 6.84. The van der Waals surface area contributed by atoms with Crippen LogP contribution in [0.4, 0.5) is 0 Å². The summed E-state index contributed by atoms with van der Waals surface area (Å²) in [6.45, 7) is 4.06. The molecule has 0 N–H and O–H groups in total. The van der Waals surface area contributed by atoms with Gasteiger partial charge in [-0.25, -0.2) is 8.42 Å². The quantitative estimate of drug-likeness (QED) is 0.776. The first-order chi connectivity index (χ1) is 12.3. The van der Waals surface area contributed by atoms with Crippen molar-refractivity contribution in [3.63, 3.8) is 0 Å². The molecule has 3 rings (SSSR count). The van der Waals surface area contributed by atoms with E-state index in [1.807, 2.05) is 56.3 Å². The highest BCUT2D eigenvalue weighted by Gasteiger charge is 2.32. The summed E-state index contributed by atoms with van der Waals surface area (Å²) >= 11 is 0. The van der Waals surface area contributed by atoms with Crippen molar-refractivity contribution in [3.8, 4) is 5.69 Å². The van der Waals surface area contributed by atoms with Gasteiger partial charge in [-0.1, -0.05) is 18.2 Å². The molecule has 2 aromatic rings. The Labute approximate surface area is 154 Å². The Morgan fingerprint density at radius 3 is 2.54 bits per heavy atom. The zero-order valence-electron chi connectivity index (χ0n) is 15.3. The number of nitrogens with zero attached hydrogens (tertiary/aromatic N) is 2. The predicted octanol–water partition coefficient (Wildman–Crippen LogP) is 2.75. The minimum Gasteiger partial charge on any atom is -0.338 e. The van der Waals surface area contributed by atoms with Gasteiger partial charge in [-0.05, 0) is 50.1 Å². The van der Waals surface area contributed by atoms with Gasteiger partial charge in [0.1, 0.15) is 0 Å². The Hall–Kier alpha value is -2.34. The molecule has 0 saturated carbocycles. The van der Waals surface area contributed by atoms with E-state index < -0.39 is 9.84 Å². The first-order valence-corrected chi connectivity index (χ1v) is 10.5. The number of carbonyl (C=O) groups excluding carboxylic acids is 1. The van der Waals surface area contributed by atoms with Crippen molar-refractivity contribution in [2.24, 2.45) is 0 Å². The molecule has 1 saturated heterocycles. The fourth-order valence-corrected chi connectivity index (χ4v) is 5.24. The molecule has 1 aromatic carbocycles. The molecule has 0 aliphatic carbocycles. The average Bonchev–Trinajstić information content (AvgIpc) is 3.11. The number of benzene rings is 1. The average molecular weight is 372 g/mol.